The lowest BCUT2D eigenvalue weighted by Crippen LogP contribution is -2.45. The Morgan fingerprint density at radius 1 is 0.947 bits per heavy atom. The van der Waals surface area contributed by atoms with Crippen LogP contribution in [0.5, 0.6) is 0 Å². The molecule has 3 heterocycles. The zero-order valence-electron chi connectivity index (χ0n) is 21.3. The van der Waals surface area contributed by atoms with E-state index in [4.69, 9.17) is 0 Å². The Hall–Kier alpha value is -3.14. The molecule has 0 radical (unpaired) electrons. The lowest BCUT2D eigenvalue weighted by Gasteiger charge is -2.35. The summed E-state index contributed by atoms with van der Waals surface area (Å²) in [5.74, 6) is -0.729. The maximum absolute atomic E-state index is 13.6. The number of hydrogen-bond acceptors (Lipinski definition) is 6. The summed E-state index contributed by atoms with van der Waals surface area (Å²) in [6, 6.07) is 7.83. The van der Waals surface area contributed by atoms with Gasteiger partial charge in [0.2, 0.25) is 0 Å². The van der Waals surface area contributed by atoms with Crippen molar-refractivity contribution in [1.82, 2.24) is 9.88 Å². The minimum absolute atomic E-state index is 0.109. The number of fused-ring (bicyclic) bond motifs is 2. The third-order valence-corrected chi connectivity index (χ3v) is 11.7. The van der Waals surface area contributed by atoms with Gasteiger partial charge in [-0.25, -0.2) is 8.42 Å². The lowest BCUT2D eigenvalue weighted by atomic mass is 9.93. The summed E-state index contributed by atoms with van der Waals surface area (Å²) in [4.78, 5) is 42.1. The Morgan fingerprint density at radius 2 is 1.66 bits per heavy atom. The third kappa shape index (κ3) is 3.71. The molecule has 0 unspecified atom stereocenters. The molecule has 38 heavy (non-hydrogen) atoms. The van der Waals surface area contributed by atoms with Crippen molar-refractivity contribution in [2.45, 2.75) is 80.0 Å². The van der Waals surface area contributed by atoms with Crippen molar-refractivity contribution in [1.29, 1.82) is 0 Å². The predicted molar refractivity (Wildman–Crippen MR) is 142 cm³/mol. The number of nitrogens with zero attached hydrogens (tertiary/aromatic N) is 2. The van der Waals surface area contributed by atoms with Crippen LogP contribution in [0.4, 0.5) is 11.4 Å². The van der Waals surface area contributed by atoms with Gasteiger partial charge in [-0.3, -0.25) is 19.0 Å². The molecular formula is C28H32N4O5S. The number of anilines is 2. The van der Waals surface area contributed by atoms with E-state index in [1.54, 1.807) is 18.2 Å². The highest BCUT2D eigenvalue weighted by molar-refractivity contribution is 7.92. The van der Waals surface area contributed by atoms with Gasteiger partial charge in [0.15, 0.2) is 9.84 Å². The fourth-order valence-corrected chi connectivity index (χ4v) is 8.35. The number of carbonyl (C=O) groups excluding carboxylic acids is 2. The molecule has 1 saturated heterocycles. The maximum atomic E-state index is 13.6. The van der Waals surface area contributed by atoms with Gasteiger partial charge < -0.3 is 15.5 Å². The molecule has 2 aliphatic heterocycles. The molecule has 7 rings (SSSR count). The average molecular weight is 537 g/mol. The van der Waals surface area contributed by atoms with Crippen molar-refractivity contribution in [2.75, 3.05) is 23.3 Å². The van der Waals surface area contributed by atoms with Gasteiger partial charge in [-0.1, -0.05) is 0 Å². The molecule has 0 bridgehead atoms. The van der Waals surface area contributed by atoms with Gasteiger partial charge >= 0.3 is 0 Å². The SMILES string of the molecule is O=C(Nc1ccc2n(c1=O)C1(CCCC1)NC2=O)c1ccc(S(=O)(=O)C2CC2)cc1N1CCC2(CC1)CC2. The maximum Gasteiger partial charge on any atom is 0.276 e. The number of aromatic nitrogens is 1. The number of benzene rings is 1. The molecule has 2 aromatic rings. The normalized spacial score (nSPS) is 22.9. The monoisotopic (exact) mass is 536 g/mol. The summed E-state index contributed by atoms with van der Waals surface area (Å²) in [5.41, 5.74) is 0.675. The Labute approximate surface area is 221 Å². The summed E-state index contributed by atoms with van der Waals surface area (Å²) in [6.07, 6.45) is 9.09. The highest BCUT2D eigenvalue weighted by atomic mass is 32.2. The molecule has 9 nitrogen and oxygen atoms in total. The van der Waals surface area contributed by atoms with Crippen LogP contribution >= 0.6 is 0 Å². The topological polar surface area (TPSA) is 118 Å². The van der Waals surface area contributed by atoms with E-state index in [1.165, 1.54) is 29.5 Å². The molecule has 5 aliphatic rings. The second-order valence-corrected chi connectivity index (χ2v) is 14.1. The summed E-state index contributed by atoms with van der Waals surface area (Å²) in [6.45, 7) is 1.54. The standard InChI is InChI=1S/C28H32N4O5S/c33-24(29-21-7-8-22-25(34)30-28(9-1-2-10-28)32(22)26(21)35)20-6-5-19(38(36,37)18-3-4-18)17-23(20)31-15-13-27(11-12-27)14-16-31/h5-8,17-18H,1-4,9-16H2,(H,29,33)(H,30,34). The summed E-state index contributed by atoms with van der Waals surface area (Å²) < 4.78 is 27.6. The van der Waals surface area contributed by atoms with Crippen molar-refractivity contribution >= 4 is 33.0 Å². The molecule has 1 aromatic heterocycles. The van der Waals surface area contributed by atoms with Gasteiger partial charge in [-0.05, 0) is 100.0 Å². The third-order valence-electron chi connectivity index (χ3n) is 9.40. The van der Waals surface area contributed by atoms with Crippen molar-refractivity contribution in [3.05, 3.63) is 51.9 Å². The first-order valence-corrected chi connectivity index (χ1v) is 15.3. The Kier molecular flexibility index (Phi) is 5.15. The first kappa shape index (κ1) is 23.9. The van der Waals surface area contributed by atoms with Crippen LogP contribution in [-0.2, 0) is 15.5 Å². The van der Waals surface area contributed by atoms with Crippen LogP contribution in [0.25, 0.3) is 0 Å². The Balaban J connectivity index is 1.23. The first-order chi connectivity index (χ1) is 18.2. The number of amides is 2. The summed E-state index contributed by atoms with van der Waals surface area (Å²) >= 11 is 0. The smallest absolute Gasteiger partial charge is 0.276 e. The minimum atomic E-state index is -3.42. The number of carbonyl (C=O) groups is 2. The second kappa shape index (κ2) is 8.18. The van der Waals surface area contributed by atoms with Crippen LogP contribution in [0.2, 0.25) is 0 Å². The molecule has 3 saturated carbocycles. The molecule has 2 N–H and O–H groups in total. The van der Waals surface area contributed by atoms with Gasteiger partial charge in [-0.2, -0.15) is 0 Å². The van der Waals surface area contributed by atoms with E-state index in [0.717, 1.165) is 38.8 Å². The van der Waals surface area contributed by atoms with Gasteiger partial charge in [0.1, 0.15) is 17.0 Å². The van der Waals surface area contributed by atoms with Gasteiger partial charge in [0.05, 0.1) is 21.4 Å². The van der Waals surface area contributed by atoms with Crippen molar-refractivity contribution in [3.8, 4) is 0 Å². The van der Waals surface area contributed by atoms with Gasteiger partial charge in [-0.15, -0.1) is 0 Å². The molecular weight excluding hydrogens is 504 g/mol. The average Bonchev–Trinajstić information content (AvgIpc) is 3.83. The Bertz CT molecular complexity index is 1520. The minimum Gasteiger partial charge on any atom is -0.371 e. The van der Waals surface area contributed by atoms with E-state index in [2.05, 4.69) is 15.5 Å². The van der Waals surface area contributed by atoms with E-state index in [-0.39, 0.29) is 21.7 Å². The van der Waals surface area contributed by atoms with E-state index in [9.17, 15) is 22.8 Å². The second-order valence-electron chi connectivity index (χ2n) is 11.8. The van der Waals surface area contributed by atoms with Crippen LogP contribution in [0.15, 0.2) is 40.0 Å². The predicted octanol–water partition coefficient (Wildman–Crippen LogP) is 3.39. The largest absolute Gasteiger partial charge is 0.371 e. The summed E-state index contributed by atoms with van der Waals surface area (Å²) in [7, 11) is -3.42. The molecule has 1 aromatic carbocycles. The number of sulfone groups is 1. The fourth-order valence-electron chi connectivity index (χ4n) is 6.68. The number of nitrogens with one attached hydrogen (secondary N) is 2. The van der Waals surface area contributed by atoms with Crippen LogP contribution < -0.4 is 21.1 Å². The number of rotatable bonds is 5. The molecule has 10 heteroatoms. The molecule has 200 valence electrons. The fraction of sp³-hybridized carbons (Fsp3) is 0.536. The van der Waals surface area contributed by atoms with E-state index in [0.29, 0.717) is 48.0 Å². The molecule has 4 fully saturated rings. The van der Waals surface area contributed by atoms with Crippen LogP contribution in [-0.4, -0.2) is 43.1 Å². The van der Waals surface area contributed by atoms with E-state index >= 15 is 0 Å². The van der Waals surface area contributed by atoms with Crippen LogP contribution in [0, 0.1) is 5.41 Å². The number of hydrogen-bond donors (Lipinski definition) is 2. The quantitative estimate of drug-likeness (QED) is 0.605. The summed E-state index contributed by atoms with van der Waals surface area (Å²) in [5, 5.41) is 5.45. The van der Waals surface area contributed by atoms with Crippen molar-refractivity contribution in [2.24, 2.45) is 5.41 Å². The molecule has 2 amide bonds. The first-order valence-electron chi connectivity index (χ1n) is 13.7. The number of piperidine rings is 1. The highest BCUT2D eigenvalue weighted by Gasteiger charge is 2.46. The zero-order chi connectivity index (χ0) is 26.3. The van der Waals surface area contributed by atoms with Gasteiger partial charge in [0, 0.05) is 13.1 Å². The molecule has 3 aliphatic carbocycles. The van der Waals surface area contributed by atoms with Gasteiger partial charge in [0.25, 0.3) is 17.4 Å². The van der Waals surface area contributed by atoms with Crippen LogP contribution in [0.3, 0.4) is 0 Å². The van der Waals surface area contributed by atoms with E-state index < -0.39 is 27.0 Å². The molecule has 0 atom stereocenters. The molecule has 2 spiro atoms. The number of pyridine rings is 1. The Morgan fingerprint density at radius 3 is 2.32 bits per heavy atom. The lowest BCUT2D eigenvalue weighted by molar-refractivity contribution is 0.0919. The highest BCUT2D eigenvalue weighted by Crippen LogP contribution is 2.54. The zero-order valence-corrected chi connectivity index (χ0v) is 22.1. The van der Waals surface area contributed by atoms with Crippen LogP contribution in [0.1, 0.15) is 85.1 Å². The van der Waals surface area contributed by atoms with Crippen molar-refractivity contribution < 1.29 is 18.0 Å². The van der Waals surface area contributed by atoms with Crippen molar-refractivity contribution in [3.63, 3.8) is 0 Å². The van der Waals surface area contributed by atoms with E-state index in [1.807, 2.05) is 0 Å².